The average molecular weight is 373 g/mol. The highest BCUT2D eigenvalue weighted by Crippen LogP contribution is 2.13. The number of nitrogens with one attached hydrogen (secondary N) is 3. The number of benzene rings is 2. The van der Waals surface area contributed by atoms with Crippen LogP contribution in [-0.2, 0) is 27.4 Å². The van der Waals surface area contributed by atoms with Crippen LogP contribution in [0.1, 0.15) is 11.1 Å². The van der Waals surface area contributed by atoms with Gasteiger partial charge in [-0.1, -0.05) is 42.5 Å². The zero-order valence-electron chi connectivity index (χ0n) is 14.2. The van der Waals surface area contributed by atoms with Gasteiger partial charge in [-0.25, -0.2) is 11.0 Å². The first-order chi connectivity index (χ1) is 13.0. The molecule has 0 radical (unpaired) electrons. The number of hydroxylamine groups is 2. The fourth-order valence-electron chi connectivity index (χ4n) is 2.25. The Morgan fingerprint density at radius 1 is 0.852 bits per heavy atom. The van der Waals surface area contributed by atoms with Gasteiger partial charge in [0.15, 0.2) is 0 Å². The van der Waals surface area contributed by atoms with E-state index in [2.05, 4.69) is 5.32 Å². The van der Waals surface area contributed by atoms with E-state index >= 15 is 0 Å². The van der Waals surface area contributed by atoms with E-state index < -0.39 is 23.8 Å². The van der Waals surface area contributed by atoms with Crippen LogP contribution in [0.4, 0.5) is 0 Å². The quantitative estimate of drug-likeness (QED) is 0.269. The fourth-order valence-corrected chi connectivity index (χ4v) is 2.25. The van der Waals surface area contributed by atoms with Crippen molar-refractivity contribution in [3.63, 3.8) is 0 Å². The predicted octanol–water partition coefficient (Wildman–Crippen LogP) is 0.304. The molecular weight excluding hydrogens is 354 g/mol. The van der Waals surface area contributed by atoms with Crippen LogP contribution in [0.5, 0.6) is 5.75 Å². The molecule has 0 aliphatic carbocycles. The van der Waals surface area contributed by atoms with E-state index in [1.54, 1.807) is 24.3 Å². The van der Waals surface area contributed by atoms with Gasteiger partial charge < -0.3 is 10.1 Å². The Labute approximate surface area is 154 Å². The van der Waals surface area contributed by atoms with Gasteiger partial charge in [0.05, 0.1) is 0 Å². The Morgan fingerprint density at radius 3 is 2.07 bits per heavy atom. The minimum atomic E-state index is -1.32. The predicted molar refractivity (Wildman–Crippen MR) is 92.7 cm³/mol. The summed E-state index contributed by atoms with van der Waals surface area (Å²) in [5.74, 6) is -2.69. The first-order valence-corrected chi connectivity index (χ1v) is 7.98. The molecule has 9 nitrogen and oxygen atoms in total. The lowest BCUT2D eigenvalue weighted by Crippen LogP contribution is -2.51. The first-order valence-electron chi connectivity index (χ1n) is 7.98. The molecule has 27 heavy (non-hydrogen) atoms. The van der Waals surface area contributed by atoms with E-state index in [1.807, 2.05) is 30.3 Å². The minimum Gasteiger partial charge on any atom is -0.489 e. The summed E-state index contributed by atoms with van der Waals surface area (Å²) < 4.78 is 5.64. The summed E-state index contributed by atoms with van der Waals surface area (Å²) in [6, 6.07) is 15.2. The van der Waals surface area contributed by atoms with Gasteiger partial charge in [0.25, 0.3) is 5.91 Å². The summed E-state index contributed by atoms with van der Waals surface area (Å²) in [6.07, 6.45) is 0.0245. The second kappa shape index (κ2) is 9.90. The van der Waals surface area contributed by atoms with Gasteiger partial charge in [-0.3, -0.25) is 24.8 Å². The standard InChI is InChI=1S/C18H19N3O6/c22-16(20-25)15(19-17(23)18(24)21-26)10-12-6-8-13(9-7-12)11-27-14-4-2-1-3-5-14/h1-9,15,25-26H,10-11H2,(H,19,23)(H,20,22)(H,21,24)/t15-/m0/s1. The molecule has 0 aromatic heterocycles. The Bertz CT molecular complexity index is 779. The summed E-state index contributed by atoms with van der Waals surface area (Å²) in [5.41, 5.74) is 4.17. The van der Waals surface area contributed by atoms with Gasteiger partial charge in [0.2, 0.25) is 0 Å². The molecule has 1 atom stereocenters. The smallest absolute Gasteiger partial charge is 0.332 e. The third kappa shape index (κ3) is 6.10. The molecule has 2 aromatic rings. The van der Waals surface area contributed by atoms with Crippen molar-refractivity contribution in [1.29, 1.82) is 0 Å². The van der Waals surface area contributed by atoms with Crippen molar-refractivity contribution in [2.75, 3.05) is 0 Å². The molecule has 0 aliphatic rings. The Balaban J connectivity index is 1.97. The summed E-state index contributed by atoms with van der Waals surface area (Å²) >= 11 is 0. The molecule has 0 unspecified atom stereocenters. The van der Waals surface area contributed by atoms with E-state index in [1.165, 1.54) is 11.0 Å². The molecule has 3 amide bonds. The molecule has 2 aromatic carbocycles. The zero-order valence-corrected chi connectivity index (χ0v) is 14.2. The van der Waals surface area contributed by atoms with E-state index in [4.69, 9.17) is 15.2 Å². The molecule has 0 bridgehead atoms. The molecule has 0 heterocycles. The molecule has 5 N–H and O–H groups in total. The number of hydrogen-bond donors (Lipinski definition) is 5. The van der Waals surface area contributed by atoms with Crippen LogP contribution in [0.3, 0.4) is 0 Å². The summed E-state index contributed by atoms with van der Waals surface area (Å²) in [7, 11) is 0. The monoisotopic (exact) mass is 373 g/mol. The number of amides is 3. The maximum absolute atomic E-state index is 11.7. The highest BCUT2D eigenvalue weighted by atomic mass is 16.5. The molecule has 9 heteroatoms. The summed E-state index contributed by atoms with van der Waals surface area (Å²) in [5, 5.41) is 19.4. The van der Waals surface area contributed by atoms with Crippen LogP contribution < -0.4 is 21.0 Å². The lowest BCUT2D eigenvalue weighted by atomic mass is 10.0. The lowest BCUT2D eigenvalue weighted by Gasteiger charge is -2.16. The Kier molecular flexibility index (Phi) is 7.29. The fraction of sp³-hybridized carbons (Fsp3) is 0.167. The van der Waals surface area contributed by atoms with Crippen LogP contribution in [-0.4, -0.2) is 34.2 Å². The van der Waals surface area contributed by atoms with Gasteiger partial charge in [-0.05, 0) is 23.3 Å². The number of carbonyl (C=O) groups is 3. The largest absolute Gasteiger partial charge is 0.489 e. The number of para-hydroxylation sites is 1. The maximum atomic E-state index is 11.7. The van der Waals surface area contributed by atoms with Crippen molar-refractivity contribution in [1.82, 2.24) is 16.3 Å². The maximum Gasteiger partial charge on any atom is 0.332 e. The highest BCUT2D eigenvalue weighted by molar-refractivity contribution is 6.35. The van der Waals surface area contributed by atoms with Crippen molar-refractivity contribution in [3.8, 4) is 5.75 Å². The number of hydrogen-bond acceptors (Lipinski definition) is 6. The SMILES string of the molecule is O=C(NO)C(=O)N[C@@H](Cc1ccc(COc2ccccc2)cc1)C(=O)NO. The molecule has 0 aliphatic heterocycles. The molecule has 0 fully saturated rings. The number of ether oxygens (including phenoxy) is 1. The minimum absolute atomic E-state index is 0.0245. The summed E-state index contributed by atoms with van der Waals surface area (Å²) in [6.45, 7) is 0.359. The lowest BCUT2D eigenvalue weighted by molar-refractivity contribution is -0.146. The second-order valence-electron chi connectivity index (χ2n) is 5.57. The van der Waals surface area contributed by atoms with Gasteiger partial charge in [0, 0.05) is 6.42 Å². The van der Waals surface area contributed by atoms with Crippen LogP contribution in [0.15, 0.2) is 54.6 Å². The third-order valence-electron chi connectivity index (χ3n) is 3.65. The molecular formula is C18H19N3O6. The normalized spacial score (nSPS) is 11.2. The van der Waals surface area contributed by atoms with Crippen LogP contribution in [0.25, 0.3) is 0 Å². The van der Waals surface area contributed by atoms with E-state index in [9.17, 15) is 14.4 Å². The van der Waals surface area contributed by atoms with Crippen LogP contribution in [0.2, 0.25) is 0 Å². The van der Waals surface area contributed by atoms with Gasteiger partial charge in [-0.15, -0.1) is 0 Å². The molecule has 0 spiro atoms. The average Bonchev–Trinajstić information content (AvgIpc) is 2.72. The van der Waals surface area contributed by atoms with Crippen molar-refractivity contribution >= 4 is 17.7 Å². The molecule has 0 saturated heterocycles. The van der Waals surface area contributed by atoms with Crippen LogP contribution in [0, 0.1) is 0 Å². The summed E-state index contributed by atoms with van der Waals surface area (Å²) in [4.78, 5) is 34.3. The Hall–Kier alpha value is -3.43. The molecule has 0 saturated carbocycles. The van der Waals surface area contributed by atoms with Gasteiger partial charge in [0.1, 0.15) is 18.4 Å². The zero-order chi connectivity index (χ0) is 19.6. The third-order valence-corrected chi connectivity index (χ3v) is 3.65. The Morgan fingerprint density at radius 2 is 1.48 bits per heavy atom. The van der Waals surface area contributed by atoms with Crippen molar-refractivity contribution in [3.05, 3.63) is 65.7 Å². The van der Waals surface area contributed by atoms with Crippen molar-refractivity contribution < 1.29 is 29.5 Å². The van der Waals surface area contributed by atoms with Crippen molar-refractivity contribution in [2.45, 2.75) is 19.1 Å². The van der Waals surface area contributed by atoms with E-state index in [0.717, 1.165) is 11.3 Å². The van der Waals surface area contributed by atoms with Gasteiger partial charge >= 0.3 is 11.8 Å². The van der Waals surface area contributed by atoms with Crippen molar-refractivity contribution in [2.24, 2.45) is 0 Å². The topological polar surface area (TPSA) is 137 Å². The molecule has 142 valence electrons. The molecule has 2 rings (SSSR count). The van der Waals surface area contributed by atoms with Crippen LogP contribution >= 0.6 is 0 Å². The number of carbonyl (C=O) groups excluding carboxylic acids is 3. The number of rotatable bonds is 7. The second-order valence-corrected chi connectivity index (χ2v) is 5.57. The first kappa shape index (κ1) is 19.9. The van der Waals surface area contributed by atoms with E-state index in [-0.39, 0.29) is 6.42 Å². The van der Waals surface area contributed by atoms with Gasteiger partial charge in [-0.2, -0.15) is 0 Å². The highest BCUT2D eigenvalue weighted by Gasteiger charge is 2.24. The van der Waals surface area contributed by atoms with E-state index in [0.29, 0.717) is 12.2 Å².